The minimum absolute atomic E-state index is 0.489. The largest absolute Gasteiger partial charge is 0.377 e. The lowest BCUT2D eigenvalue weighted by molar-refractivity contribution is 0.00115. The second-order valence-electron chi connectivity index (χ2n) is 5.57. The van der Waals surface area contributed by atoms with Crippen LogP contribution in [0.4, 0.5) is 0 Å². The van der Waals surface area contributed by atoms with Crippen LogP contribution in [0.25, 0.3) is 0 Å². The van der Waals surface area contributed by atoms with Crippen molar-refractivity contribution in [1.82, 2.24) is 10.2 Å². The molecule has 0 aromatic rings. The van der Waals surface area contributed by atoms with Crippen LogP contribution in [0.2, 0.25) is 0 Å². The molecule has 0 aromatic carbocycles. The van der Waals surface area contributed by atoms with E-state index in [1.165, 1.54) is 45.2 Å². The predicted octanol–water partition coefficient (Wildman–Crippen LogP) is 1.88. The summed E-state index contributed by atoms with van der Waals surface area (Å²) in [4.78, 5) is 2.63. The predicted molar refractivity (Wildman–Crippen MR) is 71.3 cm³/mol. The van der Waals surface area contributed by atoms with Gasteiger partial charge in [-0.2, -0.15) is 0 Å². The fourth-order valence-electron chi connectivity index (χ4n) is 3.52. The average Bonchev–Trinajstić information content (AvgIpc) is 2.77. The van der Waals surface area contributed by atoms with E-state index in [9.17, 15) is 0 Å². The monoisotopic (exact) mass is 240 g/mol. The Hall–Kier alpha value is -0.120. The smallest absolute Gasteiger partial charge is 0.0702 e. The number of likely N-dealkylation sites (tertiary alicyclic amines) is 1. The first-order valence-electron chi connectivity index (χ1n) is 7.34. The number of hydrogen-bond acceptors (Lipinski definition) is 3. The molecule has 1 heterocycles. The van der Waals surface area contributed by atoms with Crippen molar-refractivity contribution >= 4 is 0 Å². The quantitative estimate of drug-likeness (QED) is 0.794. The van der Waals surface area contributed by atoms with Gasteiger partial charge in [0.2, 0.25) is 0 Å². The van der Waals surface area contributed by atoms with Crippen molar-refractivity contribution in [3.05, 3.63) is 0 Å². The molecule has 0 bridgehead atoms. The Morgan fingerprint density at radius 1 is 1.24 bits per heavy atom. The third-order valence-electron chi connectivity index (χ3n) is 4.39. The molecule has 2 rings (SSSR count). The maximum absolute atomic E-state index is 5.77. The van der Waals surface area contributed by atoms with Crippen molar-refractivity contribution in [1.29, 1.82) is 0 Å². The van der Waals surface area contributed by atoms with Gasteiger partial charge in [-0.3, -0.25) is 0 Å². The van der Waals surface area contributed by atoms with Crippen molar-refractivity contribution < 1.29 is 4.74 Å². The SMILES string of the molecule is CCOC1CCCN(CC2CCCC2NC)C1. The Morgan fingerprint density at radius 3 is 2.88 bits per heavy atom. The number of ether oxygens (including phenoxy) is 1. The van der Waals surface area contributed by atoms with Crippen LogP contribution in [-0.2, 0) is 4.74 Å². The topological polar surface area (TPSA) is 24.5 Å². The normalized spacial score (nSPS) is 35.3. The number of nitrogens with one attached hydrogen (secondary N) is 1. The molecule has 2 fully saturated rings. The van der Waals surface area contributed by atoms with E-state index in [1.54, 1.807) is 0 Å². The highest BCUT2D eigenvalue weighted by atomic mass is 16.5. The summed E-state index contributed by atoms with van der Waals surface area (Å²) in [6.45, 7) is 6.67. The first-order valence-corrected chi connectivity index (χ1v) is 7.34. The van der Waals surface area contributed by atoms with Crippen LogP contribution >= 0.6 is 0 Å². The molecule has 1 aliphatic heterocycles. The summed E-state index contributed by atoms with van der Waals surface area (Å²) >= 11 is 0. The average molecular weight is 240 g/mol. The standard InChI is InChI=1S/C14H28N2O/c1-3-17-13-7-5-9-16(11-13)10-12-6-4-8-14(12)15-2/h12-15H,3-11H2,1-2H3. The molecule has 1 N–H and O–H groups in total. The summed E-state index contributed by atoms with van der Waals surface area (Å²) in [5, 5.41) is 3.48. The fourth-order valence-corrected chi connectivity index (χ4v) is 3.52. The fraction of sp³-hybridized carbons (Fsp3) is 1.00. The van der Waals surface area contributed by atoms with E-state index < -0.39 is 0 Å². The minimum atomic E-state index is 0.489. The molecule has 3 heteroatoms. The van der Waals surface area contributed by atoms with Crippen LogP contribution in [-0.4, -0.2) is 50.3 Å². The second kappa shape index (κ2) is 6.72. The Balaban J connectivity index is 1.77. The van der Waals surface area contributed by atoms with Crippen LogP contribution in [0.15, 0.2) is 0 Å². The van der Waals surface area contributed by atoms with Gasteiger partial charge in [-0.1, -0.05) is 6.42 Å². The highest BCUT2D eigenvalue weighted by Crippen LogP contribution is 2.27. The van der Waals surface area contributed by atoms with Crippen LogP contribution in [0, 0.1) is 5.92 Å². The molecule has 3 atom stereocenters. The molecule has 2 aliphatic rings. The van der Waals surface area contributed by atoms with E-state index in [1.807, 2.05) is 0 Å². The lowest BCUT2D eigenvalue weighted by atomic mass is 10.0. The van der Waals surface area contributed by atoms with Gasteiger partial charge in [-0.25, -0.2) is 0 Å². The molecule has 0 amide bonds. The van der Waals surface area contributed by atoms with Gasteiger partial charge < -0.3 is 15.0 Å². The lowest BCUT2D eigenvalue weighted by Gasteiger charge is -2.35. The maximum Gasteiger partial charge on any atom is 0.0702 e. The van der Waals surface area contributed by atoms with E-state index >= 15 is 0 Å². The number of piperidine rings is 1. The molecular weight excluding hydrogens is 212 g/mol. The van der Waals surface area contributed by atoms with Crippen LogP contribution in [0.3, 0.4) is 0 Å². The number of hydrogen-bond donors (Lipinski definition) is 1. The Bertz CT molecular complexity index is 220. The molecule has 0 spiro atoms. The molecule has 1 aliphatic carbocycles. The Labute approximate surface area is 106 Å². The summed E-state index contributed by atoms with van der Waals surface area (Å²) < 4.78 is 5.77. The molecule has 3 unspecified atom stereocenters. The van der Waals surface area contributed by atoms with E-state index in [-0.39, 0.29) is 0 Å². The summed E-state index contributed by atoms with van der Waals surface area (Å²) in [5.41, 5.74) is 0. The highest BCUT2D eigenvalue weighted by Gasteiger charge is 2.29. The van der Waals surface area contributed by atoms with Crippen molar-refractivity contribution in [3.8, 4) is 0 Å². The number of rotatable bonds is 5. The van der Waals surface area contributed by atoms with Crippen LogP contribution in [0.5, 0.6) is 0 Å². The Kier molecular flexibility index (Phi) is 5.26. The Morgan fingerprint density at radius 2 is 2.12 bits per heavy atom. The summed E-state index contributed by atoms with van der Waals surface area (Å²) in [5.74, 6) is 0.861. The molecule has 1 saturated carbocycles. The number of nitrogens with zero attached hydrogens (tertiary/aromatic N) is 1. The van der Waals surface area contributed by atoms with Gasteiger partial charge >= 0.3 is 0 Å². The van der Waals surface area contributed by atoms with E-state index in [4.69, 9.17) is 4.74 Å². The van der Waals surface area contributed by atoms with Crippen LogP contribution < -0.4 is 5.32 Å². The van der Waals surface area contributed by atoms with Gasteiger partial charge in [0, 0.05) is 25.7 Å². The zero-order chi connectivity index (χ0) is 12.1. The summed E-state index contributed by atoms with van der Waals surface area (Å²) in [7, 11) is 2.11. The van der Waals surface area contributed by atoms with Crippen molar-refractivity contribution in [2.45, 2.75) is 51.2 Å². The van der Waals surface area contributed by atoms with Gasteiger partial charge in [0.15, 0.2) is 0 Å². The summed E-state index contributed by atoms with van der Waals surface area (Å²) in [6, 6.07) is 0.752. The summed E-state index contributed by atoms with van der Waals surface area (Å²) in [6.07, 6.45) is 7.22. The first kappa shape index (κ1) is 13.3. The molecule has 17 heavy (non-hydrogen) atoms. The van der Waals surface area contributed by atoms with E-state index in [0.717, 1.165) is 25.1 Å². The maximum atomic E-state index is 5.77. The molecular formula is C14H28N2O. The van der Waals surface area contributed by atoms with Gasteiger partial charge in [-0.05, 0) is 52.1 Å². The first-order chi connectivity index (χ1) is 8.33. The zero-order valence-electron chi connectivity index (χ0n) is 11.5. The van der Waals surface area contributed by atoms with Crippen LogP contribution in [0.1, 0.15) is 39.0 Å². The molecule has 1 saturated heterocycles. The molecule has 0 aromatic heterocycles. The zero-order valence-corrected chi connectivity index (χ0v) is 11.5. The minimum Gasteiger partial charge on any atom is -0.377 e. The van der Waals surface area contributed by atoms with Gasteiger partial charge in [0.05, 0.1) is 6.10 Å². The third-order valence-corrected chi connectivity index (χ3v) is 4.39. The van der Waals surface area contributed by atoms with E-state index in [2.05, 4.69) is 24.2 Å². The second-order valence-corrected chi connectivity index (χ2v) is 5.57. The third kappa shape index (κ3) is 3.67. The highest BCUT2D eigenvalue weighted by molar-refractivity contribution is 4.85. The molecule has 0 radical (unpaired) electrons. The molecule has 3 nitrogen and oxygen atoms in total. The van der Waals surface area contributed by atoms with E-state index in [0.29, 0.717) is 6.10 Å². The van der Waals surface area contributed by atoms with Crippen molar-refractivity contribution in [2.24, 2.45) is 5.92 Å². The van der Waals surface area contributed by atoms with Gasteiger partial charge in [0.25, 0.3) is 0 Å². The van der Waals surface area contributed by atoms with Gasteiger partial charge in [-0.15, -0.1) is 0 Å². The lowest BCUT2D eigenvalue weighted by Crippen LogP contribution is -2.44. The molecule has 100 valence electrons. The van der Waals surface area contributed by atoms with Crippen molar-refractivity contribution in [2.75, 3.05) is 33.3 Å². The van der Waals surface area contributed by atoms with Crippen molar-refractivity contribution in [3.63, 3.8) is 0 Å². The van der Waals surface area contributed by atoms with Gasteiger partial charge in [0.1, 0.15) is 0 Å².